The number of aromatic nitrogens is 2. The summed E-state index contributed by atoms with van der Waals surface area (Å²) in [6.07, 6.45) is 8.47. The molecule has 0 spiro atoms. The van der Waals surface area contributed by atoms with Crippen molar-refractivity contribution < 1.29 is 27.1 Å². The number of carbonyl (C=O) groups is 1. The number of hydrogen-bond donors (Lipinski definition) is 1. The molecule has 2 aliphatic carbocycles. The maximum Gasteiger partial charge on any atom is 0.410 e. The Balaban J connectivity index is 1.12. The predicted octanol–water partition coefficient (Wildman–Crippen LogP) is 5.06. The number of halogens is 1. The lowest BCUT2D eigenvalue weighted by atomic mass is 9.82. The van der Waals surface area contributed by atoms with Crippen molar-refractivity contribution in [3.05, 3.63) is 35.9 Å². The second-order valence-corrected chi connectivity index (χ2v) is 13.6. The summed E-state index contributed by atoms with van der Waals surface area (Å²) >= 11 is 0. The van der Waals surface area contributed by atoms with Crippen LogP contribution in [-0.2, 0) is 14.6 Å². The van der Waals surface area contributed by atoms with Crippen molar-refractivity contribution in [1.29, 1.82) is 0 Å². The van der Waals surface area contributed by atoms with Crippen LogP contribution >= 0.6 is 0 Å². The largest absolute Gasteiger partial charge is 0.474 e. The van der Waals surface area contributed by atoms with E-state index in [2.05, 4.69) is 15.3 Å². The van der Waals surface area contributed by atoms with Crippen molar-refractivity contribution in [2.75, 3.05) is 5.32 Å². The minimum Gasteiger partial charge on any atom is -0.474 e. The van der Waals surface area contributed by atoms with Gasteiger partial charge < -0.3 is 19.7 Å². The highest BCUT2D eigenvalue weighted by Crippen LogP contribution is 2.41. The second kappa shape index (κ2) is 9.36. The van der Waals surface area contributed by atoms with Gasteiger partial charge in [-0.1, -0.05) is 0 Å². The first-order valence-corrected chi connectivity index (χ1v) is 15.0. The number of nitrogens with one attached hydrogen (secondary N) is 1. The number of sulfone groups is 1. The van der Waals surface area contributed by atoms with Gasteiger partial charge in [-0.3, -0.25) is 0 Å². The Morgan fingerprint density at radius 2 is 1.84 bits per heavy atom. The topological polar surface area (TPSA) is 111 Å². The Morgan fingerprint density at radius 1 is 1.13 bits per heavy atom. The Labute approximate surface area is 222 Å². The number of benzene rings is 1. The smallest absolute Gasteiger partial charge is 0.410 e. The molecule has 2 saturated carbocycles. The summed E-state index contributed by atoms with van der Waals surface area (Å²) in [6, 6.07) is 4.06. The van der Waals surface area contributed by atoms with Gasteiger partial charge in [-0.15, -0.1) is 0 Å². The monoisotopic (exact) mass is 544 g/mol. The summed E-state index contributed by atoms with van der Waals surface area (Å²) < 4.78 is 51.8. The van der Waals surface area contributed by atoms with Crippen LogP contribution in [0.15, 0.2) is 29.4 Å². The molecule has 11 heteroatoms. The summed E-state index contributed by atoms with van der Waals surface area (Å²) in [5, 5.41) is 2.56. The molecule has 2 aliphatic heterocycles. The number of piperidine rings is 1. The number of carbonyl (C=O) groups excluding carboxylic acids is 1. The van der Waals surface area contributed by atoms with E-state index in [0.717, 1.165) is 38.2 Å². The molecule has 3 heterocycles. The molecule has 2 bridgehead atoms. The van der Waals surface area contributed by atoms with Crippen LogP contribution in [0.3, 0.4) is 0 Å². The summed E-state index contributed by atoms with van der Waals surface area (Å²) in [5.41, 5.74) is 0.419. The number of hydrogen-bond acceptors (Lipinski definition) is 8. The van der Waals surface area contributed by atoms with Crippen molar-refractivity contribution in [2.24, 2.45) is 0 Å². The SMILES string of the molecule is Cc1c(Nc2ccc(S(=O)(=O)C3CC3)cc2F)ncnc1O[C@H]1CC2CC[C@@H](C1)N2C(=O)OC1(C)CCC1. The first-order chi connectivity index (χ1) is 18.1. The van der Waals surface area contributed by atoms with Gasteiger partial charge in [-0.2, -0.15) is 0 Å². The van der Waals surface area contributed by atoms with Crippen LogP contribution in [-0.4, -0.2) is 58.4 Å². The van der Waals surface area contributed by atoms with Crippen LogP contribution < -0.4 is 10.1 Å². The third kappa shape index (κ3) is 4.69. The summed E-state index contributed by atoms with van der Waals surface area (Å²) in [5.74, 6) is 0.112. The van der Waals surface area contributed by atoms with Crippen molar-refractivity contribution in [1.82, 2.24) is 14.9 Å². The van der Waals surface area contributed by atoms with Gasteiger partial charge in [0.05, 0.1) is 21.4 Å². The third-order valence-corrected chi connectivity index (χ3v) is 10.7. The Hall–Kier alpha value is -2.95. The quantitative estimate of drug-likeness (QED) is 0.515. The zero-order valence-corrected chi connectivity index (χ0v) is 22.5. The Bertz CT molecular complexity index is 1350. The molecule has 1 aromatic heterocycles. The second-order valence-electron chi connectivity index (χ2n) is 11.3. The van der Waals surface area contributed by atoms with E-state index in [1.807, 2.05) is 11.8 Å². The highest BCUT2D eigenvalue weighted by atomic mass is 32.2. The molecule has 9 nitrogen and oxygen atoms in total. The number of ether oxygens (including phenoxy) is 2. The lowest BCUT2D eigenvalue weighted by molar-refractivity contribution is -0.0610. The standard InChI is InChI=1S/C27H33FN4O5S/c1-16-24(31-23-9-8-21(14-22(23)28)38(34,35)20-6-7-20)29-15-30-25(16)36-19-12-17-4-5-18(13-19)32(17)26(33)37-27(2)10-3-11-27/h8-9,14-15,17-20H,3-7,10-13H2,1-2H3,(H,29,30,31)/t17-,18?,19+/m0/s1. The fraction of sp³-hybridized carbons (Fsp3) is 0.593. The van der Waals surface area contributed by atoms with Crippen LogP contribution in [0.1, 0.15) is 70.3 Å². The van der Waals surface area contributed by atoms with E-state index in [4.69, 9.17) is 9.47 Å². The van der Waals surface area contributed by atoms with Gasteiger partial charge >= 0.3 is 6.09 Å². The lowest BCUT2D eigenvalue weighted by Crippen LogP contribution is -2.52. The number of rotatable bonds is 7. The first kappa shape index (κ1) is 25.3. The molecule has 38 heavy (non-hydrogen) atoms. The van der Waals surface area contributed by atoms with E-state index >= 15 is 0 Å². The highest BCUT2D eigenvalue weighted by Gasteiger charge is 2.47. The van der Waals surface area contributed by atoms with E-state index in [-0.39, 0.29) is 40.5 Å². The van der Waals surface area contributed by atoms with Crippen LogP contribution in [0, 0.1) is 12.7 Å². The fourth-order valence-corrected chi connectivity index (χ4v) is 7.54. The number of anilines is 2. The number of nitrogens with zero attached hydrogens (tertiary/aromatic N) is 3. The van der Waals surface area contributed by atoms with Gasteiger partial charge in [0.2, 0.25) is 5.88 Å². The van der Waals surface area contributed by atoms with Crippen LogP contribution in [0.2, 0.25) is 0 Å². The van der Waals surface area contributed by atoms with Crippen LogP contribution in [0.4, 0.5) is 20.7 Å². The minimum absolute atomic E-state index is 0.00173. The maximum atomic E-state index is 14.8. The predicted molar refractivity (Wildman–Crippen MR) is 138 cm³/mol. The average molecular weight is 545 g/mol. The van der Waals surface area contributed by atoms with Crippen molar-refractivity contribution in [3.63, 3.8) is 0 Å². The van der Waals surface area contributed by atoms with Crippen LogP contribution in [0.25, 0.3) is 0 Å². The molecule has 4 aliphatic rings. The molecule has 204 valence electrons. The average Bonchev–Trinajstić information content (AvgIpc) is 3.67. The fourth-order valence-electron chi connectivity index (χ4n) is 5.87. The summed E-state index contributed by atoms with van der Waals surface area (Å²) in [4.78, 5) is 23.4. The highest BCUT2D eigenvalue weighted by molar-refractivity contribution is 7.92. The molecule has 3 atom stereocenters. The zero-order chi connectivity index (χ0) is 26.7. The molecule has 4 fully saturated rings. The maximum absolute atomic E-state index is 14.8. The molecule has 1 aromatic carbocycles. The van der Waals surface area contributed by atoms with Gasteiger partial charge in [-0.25, -0.2) is 27.6 Å². The normalized spacial score (nSPS) is 26.0. The zero-order valence-electron chi connectivity index (χ0n) is 21.7. The van der Waals surface area contributed by atoms with E-state index in [1.54, 1.807) is 6.92 Å². The van der Waals surface area contributed by atoms with Crippen molar-refractivity contribution >= 4 is 27.4 Å². The molecule has 2 aromatic rings. The molecular weight excluding hydrogens is 511 g/mol. The molecule has 2 saturated heterocycles. The van der Waals surface area contributed by atoms with E-state index in [9.17, 15) is 17.6 Å². The van der Waals surface area contributed by atoms with Crippen LogP contribution in [0.5, 0.6) is 5.88 Å². The van der Waals surface area contributed by atoms with E-state index < -0.39 is 20.9 Å². The molecular formula is C27H33FN4O5S. The Morgan fingerprint density at radius 3 is 2.45 bits per heavy atom. The van der Waals surface area contributed by atoms with E-state index in [0.29, 0.717) is 42.9 Å². The summed E-state index contributed by atoms with van der Waals surface area (Å²) in [7, 11) is -3.48. The molecule has 1 amide bonds. The third-order valence-electron chi connectivity index (χ3n) is 8.45. The Kier molecular flexibility index (Phi) is 6.24. The number of amides is 1. The number of fused-ring (bicyclic) bond motifs is 2. The van der Waals surface area contributed by atoms with Gasteiger partial charge in [0.1, 0.15) is 29.7 Å². The minimum atomic E-state index is -3.48. The van der Waals surface area contributed by atoms with Gasteiger partial charge in [0.25, 0.3) is 0 Å². The molecule has 6 rings (SSSR count). The van der Waals surface area contributed by atoms with E-state index in [1.165, 1.54) is 18.5 Å². The van der Waals surface area contributed by atoms with Crippen molar-refractivity contribution in [3.8, 4) is 5.88 Å². The molecule has 0 radical (unpaired) electrons. The van der Waals surface area contributed by atoms with Gasteiger partial charge in [-0.05, 0) is 77.0 Å². The van der Waals surface area contributed by atoms with Crippen molar-refractivity contribution in [2.45, 2.75) is 106 Å². The first-order valence-electron chi connectivity index (χ1n) is 13.4. The lowest BCUT2D eigenvalue weighted by Gasteiger charge is -2.43. The summed E-state index contributed by atoms with van der Waals surface area (Å²) in [6.45, 7) is 3.80. The molecule has 1 unspecified atom stereocenters. The van der Waals surface area contributed by atoms with Gasteiger partial charge in [0, 0.05) is 24.9 Å². The molecule has 1 N–H and O–H groups in total. The van der Waals surface area contributed by atoms with Gasteiger partial charge in [0.15, 0.2) is 9.84 Å².